The van der Waals surface area contributed by atoms with Crippen molar-refractivity contribution in [1.82, 2.24) is 9.88 Å². The van der Waals surface area contributed by atoms with Crippen LogP contribution in [0.3, 0.4) is 0 Å². The van der Waals surface area contributed by atoms with Crippen LogP contribution in [-0.2, 0) is 0 Å². The molecule has 0 saturated carbocycles. The molecule has 1 aliphatic heterocycles. The highest BCUT2D eigenvalue weighted by Crippen LogP contribution is 2.22. The number of para-hydroxylation sites is 1. The number of nitrogens with zero attached hydrogens (tertiary/aromatic N) is 2. The molecule has 0 aliphatic carbocycles. The summed E-state index contributed by atoms with van der Waals surface area (Å²) in [5, 5.41) is 4.64. The first-order valence-electron chi connectivity index (χ1n) is 7.95. The van der Waals surface area contributed by atoms with E-state index in [9.17, 15) is 0 Å². The molecule has 0 atom stereocenters. The maximum absolute atomic E-state index is 4.63. The summed E-state index contributed by atoms with van der Waals surface area (Å²) in [5.74, 6) is 0.965. The van der Waals surface area contributed by atoms with Gasteiger partial charge < -0.3 is 9.88 Å². The number of rotatable bonds is 3. The van der Waals surface area contributed by atoms with Gasteiger partial charge in [-0.25, -0.2) is 0 Å². The van der Waals surface area contributed by atoms with Crippen LogP contribution in [0.15, 0.2) is 65.8 Å². The highest BCUT2D eigenvalue weighted by molar-refractivity contribution is 6.23. The van der Waals surface area contributed by atoms with Crippen molar-refractivity contribution in [3.05, 3.63) is 71.9 Å². The van der Waals surface area contributed by atoms with Gasteiger partial charge in [0.15, 0.2) is 0 Å². The second-order valence-electron chi connectivity index (χ2n) is 5.84. The van der Waals surface area contributed by atoms with E-state index < -0.39 is 0 Å². The van der Waals surface area contributed by atoms with Crippen molar-refractivity contribution in [1.29, 1.82) is 0 Å². The van der Waals surface area contributed by atoms with Gasteiger partial charge in [-0.2, -0.15) is 0 Å². The number of benzene rings is 2. The molecular formula is C20H19N3. The first-order valence-corrected chi connectivity index (χ1v) is 7.95. The molecule has 2 aromatic carbocycles. The average Bonchev–Trinajstić information content (AvgIpc) is 3.24. The average molecular weight is 301 g/mol. The minimum Gasteiger partial charge on any atom is -0.367 e. The second-order valence-corrected chi connectivity index (χ2v) is 5.84. The van der Waals surface area contributed by atoms with Crippen LogP contribution in [0.2, 0.25) is 0 Å². The Hall–Kier alpha value is -2.81. The lowest BCUT2D eigenvalue weighted by atomic mass is 10.1. The van der Waals surface area contributed by atoms with E-state index in [1.54, 1.807) is 0 Å². The minimum atomic E-state index is 0.833. The van der Waals surface area contributed by atoms with Gasteiger partial charge in [-0.1, -0.05) is 48.0 Å². The number of nitrogens with one attached hydrogen (secondary N) is 1. The molecule has 0 fully saturated rings. The van der Waals surface area contributed by atoms with Crippen molar-refractivity contribution in [2.75, 3.05) is 13.1 Å². The molecule has 0 spiro atoms. The Labute approximate surface area is 136 Å². The molecule has 0 unspecified atom stereocenters. The first kappa shape index (κ1) is 13.8. The van der Waals surface area contributed by atoms with Crippen LogP contribution in [0, 0.1) is 6.92 Å². The van der Waals surface area contributed by atoms with Gasteiger partial charge in [0.25, 0.3) is 0 Å². The number of fused-ring (bicyclic) bond motifs is 1. The van der Waals surface area contributed by atoms with E-state index in [1.807, 2.05) is 0 Å². The fraction of sp³-hybridized carbons (Fsp3) is 0.150. The molecule has 0 saturated heterocycles. The molecule has 114 valence electrons. The summed E-state index contributed by atoms with van der Waals surface area (Å²) >= 11 is 0. The predicted octanol–water partition coefficient (Wildman–Crippen LogP) is 3.95. The Morgan fingerprint density at radius 1 is 1.09 bits per heavy atom. The molecule has 0 radical (unpaired) electrons. The van der Waals surface area contributed by atoms with Gasteiger partial charge in [0.05, 0.1) is 17.8 Å². The largest absolute Gasteiger partial charge is 0.367 e. The van der Waals surface area contributed by atoms with Gasteiger partial charge in [-0.15, -0.1) is 0 Å². The van der Waals surface area contributed by atoms with Crippen LogP contribution in [0.4, 0.5) is 0 Å². The molecule has 1 aliphatic rings. The van der Waals surface area contributed by atoms with Crippen LogP contribution < -0.4 is 5.32 Å². The van der Waals surface area contributed by atoms with E-state index >= 15 is 0 Å². The lowest BCUT2D eigenvalue weighted by molar-refractivity contribution is 0.959. The van der Waals surface area contributed by atoms with Gasteiger partial charge in [0, 0.05) is 12.7 Å². The summed E-state index contributed by atoms with van der Waals surface area (Å²) in [4.78, 5) is 4.63. The smallest absolute Gasteiger partial charge is 0.145 e. The van der Waals surface area contributed by atoms with Crippen molar-refractivity contribution in [3.8, 4) is 0 Å². The van der Waals surface area contributed by atoms with E-state index in [1.165, 1.54) is 22.0 Å². The maximum atomic E-state index is 4.63. The van der Waals surface area contributed by atoms with Gasteiger partial charge in [-0.05, 0) is 36.1 Å². The van der Waals surface area contributed by atoms with E-state index in [0.717, 1.165) is 24.6 Å². The Kier molecular flexibility index (Phi) is 3.46. The highest BCUT2D eigenvalue weighted by atomic mass is 15.1. The highest BCUT2D eigenvalue weighted by Gasteiger charge is 2.15. The first-order chi connectivity index (χ1) is 11.3. The fourth-order valence-corrected chi connectivity index (χ4v) is 2.94. The molecule has 3 nitrogen and oxygen atoms in total. The zero-order valence-corrected chi connectivity index (χ0v) is 13.2. The number of amidine groups is 1. The standard InChI is InChI=1S/C20H19N3/c1-15-6-8-16(9-7-15)14-19(20-21-11-12-22-20)23-13-10-17-4-2-3-5-18(17)23/h2-10,13-14H,11-12H2,1H3,(H,21,22)/b19-14-. The molecule has 0 bridgehead atoms. The number of hydrogen-bond acceptors (Lipinski definition) is 2. The Bertz CT molecular complexity index is 898. The van der Waals surface area contributed by atoms with Crippen LogP contribution in [0.1, 0.15) is 11.1 Å². The van der Waals surface area contributed by atoms with Crippen molar-refractivity contribution < 1.29 is 0 Å². The number of aliphatic imine (C=N–C) groups is 1. The van der Waals surface area contributed by atoms with Crippen LogP contribution in [0.5, 0.6) is 0 Å². The molecule has 1 aromatic heterocycles. The number of aromatic nitrogens is 1. The van der Waals surface area contributed by atoms with Crippen molar-refractivity contribution in [3.63, 3.8) is 0 Å². The maximum Gasteiger partial charge on any atom is 0.145 e. The topological polar surface area (TPSA) is 29.3 Å². The van der Waals surface area contributed by atoms with Crippen LogP contribution >= 0.6 is 0 Å². The van der Waals surface area contributed by atoms with Crippen LogP contribution in [-0.4, -0.2) is 23.5 Å². The summed E-state index contributed by atoms with van der Waals surface area (Å²) in [7, 11) is 0. The lowest BCUT2D eigenvalue weighted by Gasteiger charge is -2.12. The quantitative estimate of drug-likeness (QED) is 0.780. The van der Waals surface area contributed by atoms with Crippen LogP contribution in [0.25, 0.3) is 22.7 Å². The third kappa shape index (κ3) is 2.66. The third-order valence-corrected chi connectivity index (χ3v) is 4.16. The monoisotopic (exact) mass is 301 g/mol. The Balaban J connectivity index is 1.87. The summed E-state index contributed by atoms with van der Waals surface area (Å²) in [6.07, 6.45) is 4.32. The molecule has 4 rings (SSSR count). The van der Waals surface area contributed by atoms with E-state index in [2.05, 4.69) is 88.7 Å². The van der Waals surface area contributed by atoms with Gasteiger partial charge >= 0.3 is 0 Å². The van der Waals surface area contributed by atoms with Crippen molar-refractivity contribution in [2.24, 2.45) is 4.99 Å². The van der Waals surface area contributed by atoms with Gasteiger partial charge in [0.2, 0.25) is 0 Å². The SMILES string of the molecule is Cc1ccc(/C=C(/C2=NCCN2)n2ccc3ccccc32)cc1. The molecule has 23 heavy (non-hydrogen) atoms. The van der Waals surface area contributed by atoms with Gasteiger partial charge in [-0.3, -0.25) is 4.99 Å². The summed E-state index contributed by atoms with van der Waals surface area (Å²) < 4.78 is 2.21. The second kappa shape index (κ2) is 5.76. The molecule has 3 heteroatoms. The fourth-order valence-electron chi connectivity index (χ4n) is 2.94. The van der Waals surface area contributed by atoms with E-state index in [-0.39, 0.29) is 0 Å². The zero-order chi connectivity index (χ0) is 15.6. The summed E-state index contributed by atoms with van der Waals surface area (Å²) in [6.45, 7) is 3.84. The summed E-state index contributed by atoms with van der Waals surface area (Å²) in [5.41, 5.74) is 4.74. The van der Waals surface area contributed by atoms with E-state index in [4.69, 9.17) is 0 Å². The third-order valence-electron chi connectivity index (χ3n) is 4.16. The zero-order valence-electron chi connectivity index (χ0n) is 13.2. The lowest BCUT2D eigenvalue weighted by Crippen LogP contribution is -2.22. The minimum absolute atomic E-state index is 0.833. The summed E-state index contributed by atoms with van der Waals surface area (Å²) in [6, 6.07) is 19.2. The van der Waals surface area contributed by atoms with Crippen molar-refractivity contribution in [2.45, 2.75) is 6.92 Å². The van der Waals surface area contributed by atoms with E-state index in [0.29, 0.717) is 0 Å². The predicted molar refractivity (Wildman–Crippen MR) is 97.6 cm³/mol. The molecule has 3 aromatic rings. The molecule has 0 amide bonds. The number of hydrogen-bond donors (Lipinski definition) is 1. The number of aryl methyl sites for hydroxylation is 1. The molecule has 2 heterocycles. The van der Waals surface area contributed by atoms with Crippen molar-refractivity contribution >= 4 is 28.5 Å². The van der Waals surface area contributed by atoms with Gasteiger partial charge in [0.1, 0.15) is 5.84 Å². The molecular weight excluding hydrogens is 282 g/mol. The Morgan fingerprint density at radius 3 is 2.70 bits per heavy atom. The molecule has 1 N–H and O–H groups in total. The normalized spacial score (nSPS) is 14.8. The Morgan fingerprint density at radius 2 is 1.91 bits per heavy atom.